The van der Waals surface area contributed by atoms with Crippen LogP contribution < -0.4 is 14.8 Å². The molecule has 0 aliphatic heterocycles. The molecule has 0 saturated carbocycles. The predicted octanol–water partition coefficient (Wildman–Crippen LogP) is 2.01. The van der Waals surface area contributed by atoms with Crippen molar-refractivity contribution < 1.29 is 17.9 Å². The van der Waals surface area contributed by atoms with Gasteiger partial charge in [0.25, 0.3) is 5.91 Å². The van der Waals surface area contributed by atoms with Crippen LogP contribution in [0.4, 0.5) is 0 Å². The molecule has 154 valence electrons. The monoisotopic (exact) mass is 408 g/mol. The Morgan fingerprint density at radius 3 is 2.32 bits per heavy atom. The lowest BCUT2D eigenvalue weighted by atomic mass is 10.0. The SMILES string of the molecule is Cc1n[nH]c(C)c1S(=O)(=O)NCCNC(=O)C(C)Oc1ccc(C(C)C)cc1. The van der Waals surface area contributed by atoms with Gasteiger partial charge in [-0.2, -0.15) is 5.10 Å². The summed E-state index contributed by atoms with van der Waals surface area (Å²) in [6, 6.07) is 7.62. The molecule has 0 aliphatic rings. The number of H-pyrrole nitrogens is 1. The predicted molar refractivity (Wildman–Crippen MR) is 107 cm³/mol. The van der Waals surface area contributed by atoms with Crippen LogP contribution in [0.5, 0.6) is 5.75 Å². The number of aryl methyl sites for hydroxylation is 2. The van der Waals surface area contributed by atoms with Crippen LogP contribution in [0.1, 0.15) is 43.6 Å². The molecule has 28 heavy (non-hydrogen) atoms. The molecule has 9 heteroatoms. The van der Waals surface area contributed by atoms with Crippen LogP contribution >= 0.6 is 0 Å². The van der Waals surface area contributed by atoms with Crippen molar-refractivity contribution in [2.45, 2.75) is 51.5 Å². The summed E-state index contributed by atoms with van der Waals surface area (Å²) in [5, 5.41) is 9.20. The molecular formula is C19H28N4O4S. The molecule has 1 amide bonds. The highest BCUT2D eigenvalue weighted by Crippen LogP contribution is 2.19. The molecule has 3 N–H and O–H groups in total. The maximum absolute atomic E-state index is 12.3. The second-order valence-corrected chi connectivity index (χ2v) is 8.64. The fraction of sp³-hybridized carbons (Fsp3) is 0.474. The highest BCUT2D eigenvalue weighted by Gasteiger charge is 2.22. The Kier molecular flexibility index (Phi) is 7.20. The Bertz CT molecular complexity index is 885. The molecule has 0 radical (unpaired) electrons. The van der Waals surface area contributed by atoms with E-state index in [4.69, 9.17) is 4.74 Å². The molecule has 0 bridgehead atoms. The van der Waals surface area contributed by atoms with Gasteiger partial charge in [0.05, 0.1) is 11.4 Å². The Balaban J connectivity index is 1.80. The fourth-order valence-electron chi connectivity index (χ4n) is 2.71. The number of carbonyl (C=O) groups excluding carboxylic acids is 1. The van der Waals surface area contributed by atoms with Crippen LogP contribution in [0, 0.1) is 13.8 Å². The summed E-state index contributed by atoms with van der Waals surface area (Å²) in [5.74, 6) is 0.717. The first-order valence-electron chi connectivity index (χ1n) is 9.17. The summed E-state index contributed by atoms with van der Waals surface area (Å²) in [6.07, 6.45) is -0.695. The lowest BCUT2D eigenvalue weighted by Crippen LogP contribution is -2.40. The topological polar surface area (TPSA) is 113 Å². The molecule has 0 saturated heterocycles. The Labute approximate surface area is 166 Å². The van der Waals surface area contributed by atoms with Gasteiger partial charge >= 0.3 is 0 Å². The fourth-order valence-corrected chi connectivity index (χ4v) is 4.11. The van der Waals surface area contributed by atoms with Crippen LogP contribution in [-0.4, -0.2) is 43.7 Å². The highest BCUT2D eigenvalue weighted by molar-refractivity contribution is 7.89. The van der Waals surface area contributed by atoms with Crippen molar-refractivity contribution in [3.05, 3.63) is 41.2 Å². The third-order valence-corrected chi connectivity index (χ3v) is 6.00. The van der Waals surface area contributed by atoms with E-state index in [0.717, 1.165) is 0 Å². The number of nitrogens with zero attached hydrogens (tertiary/aromatic N) is 1. The van der Waals surface area contributed by atoms with Gasteiger partial charge in [-0.25, -0.2) is 13.1 Å². The van der Waals surface area contributed by atoms with Crippen LogP contribution in [0.25, 0.3) is 0 Å². The van der Waals surface area contributed by atoms with E-state index in [-0.39, 0.29) is 23.9 Å². The molecule has 1 unspecified atom stereocenters. The number of carbonyl (C=O) groups is 1. The first-order valence-corrected chi connectivity index (χ1v) is 10.7. The van der Waals surface area contributed by atoms with Crippen molar-refractivity contribution in [1.82, 2.24) is 20.2 Å². The number of aromatic amines is 1. The van der Waals surface area contributed by atoms with Crippen molar-refractivity contribution in [3.8, 4) is 5.75 Å². The highest BCUT2D eigenvalue weighted by atomic mass is 32.2. The van der Waals surface area contributed by atoms with Gasteiger partial charge in [-0.15, -0.1) is 0 Å². The van der Waals surface area contributed by atoms with Crippen LogP contribution in [0.3, 0.4) is 0 Å². The van der Waals surface area contributed by atoms with E-state index in [1.807, 2.05) is 24.3 Å². The minimum atomic E-state index is -3.68. The summed E-state index contributed by atoms with van der Waals surface area (Å²) in [4.78, 5) is 12.3. The number of aromatic nitrogens is 2. The first-order chi connectivity index (χ1) is 13.1. The van der Waals surface area contributed by atoms with Crippen molar-refractivity contribution in [2.75, 3.05) is 13.1 Å². The normalized spacial score (nSPS) is 12.8. The van der Waals surface area contributed by atoms with Crippen molar-refractivity contribution >= 4 is 15.9 Å². The number of benzene rings is 1. The zero-order valence-electron chi connectivity index (χ0n) is 16.9. The lowest BCUT2D eigenvalue weighted by Gasteiger charge is -2.15. The van der Waals surface area contributed by atoms with Gasteiger partial charge < -0.3 is 10.1 Å². The molecule has 1 aromatic carbocycles. The molecule has 1 aromatic heterocycles. The van der Waals surface area contributed by atoms with E-state index in [1.54, 1.807) is 20.8 Å². The van der Waals surface area contributed by atoms with Crippen molar-refractivity contribution in [3.63, 3.8) is 0 Å². The molecule has 2 rings (SSSR count). The number of hydrogen-bond acceptors (Lipinski definition) is 5. The van der Waals surface area contributed by atoms with Gasteiger partial charge in [0, 0.05) is 13.1 Å². The zero-order valence-corrected chi connectivity index (χ0v) is 17.7. The minimum Gasteiger partial charge on any atom is -0.481 e. The molecule has 2 aromatic rings. The van der Waals surface area contributed by atoms with Crippen molar-refractivity contribution in [2.24, 2.45) is 0 Å². The molecule has 1 heterocycles. The van der Waals surface area contributed by atoms with Gasteiger partial charge in [0.15, 0.2) is 6.10 Å². The van der Waals surface area contributed by atoms with E-state index in [1.165, 1.54) is 5.56 Å². The number of sulfonamides is 1. The maximum Gasteiger partial charge on any atom is 0.260 e. The largest absolute Gasteiger partial charge is 0.481 e. The average molecular weight is 409 g/mol. The number of hydrogen-bond donors (Lipinski definition) is 3. The standard InChI is InChI=1S/C19H28N4O4S/c1-12(2)16-6-8-17(9-7-16)27-15(5)19(24)20-10-11-21-28(25,26)18-13(3)22-23-14(18)4/h6-9,12,15,21H,10-11H2,1-5H3,(H,20,24)(H,22,23). The average Bonchev–Trinajstić information content (AvgIpc) is 2.98. The van der Waals surface area contributed by atoms with Crippen LogP contribution in [0.15, 0.2) is 29.2 Å². The molecule has 1 atom stereocenters. The maximum atomic E-state index is 12.3. The molecule has 0 fully saturated rings. The van der Waals surface area contributed by atoms with E-state index in [0.29, 0.717) is 23.1 Å². The van der Waals surface area contributed by atoms with E-state index in [2.05, 4.69) is 34.1 Å². The van der Waals surface area contributed by atoms with Crippen LogP contribution in [-0.2, 0) is 14.8 Å². The van der Waals surface area contributed by atoms with Gasteiger partial charge in [0.2, 0.25) is 10.0 Å². The number of rotatable bonds is 9. The summed E-state index contributed by atoms with van der Waals surface area (Å²) in [5.41, 5.74) is 2.07. The van der Waals surface area contributed by atoms with E-state index >= 15 is 0 Å². The molecule has 0 spiro atoms. The summed E-state index contributed by atoms with van der Waals surface area (Å²) < 4.78 is 32.7. The van der Waals surface area contributed by atoms with Gasteiger partial charge in [-0.1, -0.05) is 26.0 Å². The molecular weight excluding hydrogens is 380 g/mol. The number of amides is 1. The zero-order chi connectivity index (χ0) is 20.9. The van der Waals surface area contributed by atoms with Gasteiger partial charge in [-0.3, -0.25) is 9.89 Å². The Morgan fingerprint density at radius 1 is 1.14 bits per heavy atom. The van der Waals surface area contributed by atoms with Crippen molar-refractivity contribution in [1.29, 1.82) is 0 Å². The quantitative estimate of drug-likeness (QED) is 0.549. The lowest BCUT2D eigenvalue weighted by molar-refractivity contribution is -0.127. The summed E-state index contributed by atoms with van der Waals surface area (Å²) >= 11 is 0. The number of ether oxygens (including phenoxy) is 1. The third kappa shape index (κ3) is 5.56. The smallest absolute Gasteiger partial charge is 0.260 e. The second-order valence-electron chi connectivity index (χ2n) is 6.94. The number of nitrogens with one attached hydrogen (secondary N) is 3. The minimum absolute atomic E-state index is 0.0634. The Morgan fingerprint density at radius 2 is 1.79 bits per heavy atom. The third-order valence-electron chi connectivity index (χ3n) is 4.27. The van der Waals surface area contributed by atoms with E-state index in [9.17, 15) is 13.2 Å². The molecule has 8 nitrogen and oxygen atoms in total. The summed E-state index contributed by atoms with van der Waals surface area (Å²) in [6.45, 7) is 9.33. The van der Waals surface area contributed by atoms with Gasteiger partial charge in [-0.05, 0) is 44.4 Å². The first kappa shape index (κ1) is 21.9. The van der Waals surface area contributed by atoms with Gasteiger partial charge in [0.1, 0.15) is 10.6 Å². The second kappa shape index (κ2) is 9.20. The van der Waals surface area contributed by atoms with E-state index < -0.39 is 16.1 Å². The molecule has 0 aliphatic carbocycles. The Hall–Kier alpha value is -2.39. The van der Waals surface area contributed by atoms with Crippen LogP contribution in [0.2, 0.25) is 0 Å². The summed E-state index contributed by atoms with van der Waals surface area (Å²) in [7, 11) is -3.68.